The predicted octanol–water partition coefficient (Wildman–Crippen LogP) is 3.17. The maximum absolute atomic E-state index is 11.5. The van der Waals surface area contributed by atoms with Crippen molar-refractivity contribution < 1.29 is 27.2 Å². The summed E-state index contributed by atoms with van der Waals surface area (Å²) in [5.74, 6) is 0. The fourth-order valence-corrected chi connectivity index (χ4v) is 10.3. The van der Waals surface area contributed by atoms with Crippen molar-refractivity contribution in [2.75, 3.05) is 28.4 Å². The fourth-order valence-electron chi connectivity index (χ4n) is 0.352. The second kappa shape index (κ2) is 6.55. The van der Waals surface area contributed by atoms with E-state index in [1.807, 2.05) is 0 Å². The van der Waals surface area contributed by atoms with Gasteiger partial charge in [0.05, 0.1) is 0 Å². The average molecular weight is 282 g/mol. The Morgan fingerprint density at radius 3 is 1.07 bits per heavy atom. The highest BCUT2D eigenvalue weighted by Crippen LogP contribution is 2.76. The van der Waals surface area contributed by atoms with Crippen molar-refractivity contribution in [3.05, 3.63) is 0 Å². The molecule has 0 atom stereocenters. The Morgan fingerprint density at radius 1 is 0.714 bits per heavy atom. The molecule has 0 heterocycles. The molecule has 0 radical (unpaired) electrons. The number of rotatable bonds is 7. The standard InChI is InChI=1S/C4H12O6P2S2/c1-7-11(5,8-2)13-14-12(6,9-3)10-4/h1-4H3. The molecule has 0 aliphatic rings. The maximum Gasteiger partial charge on any atom is 0.399 e. The van der Waals surface area contributed by atoms with Crippen LogP contribution in [0.15, 0.2) is 0 Å². The van der Waals surface area contributed by atoms with Gasteiger partial charge in [-0.1, -0.05) is 0 Å². The molecule has 0 rings (SSSR count). The Hall–Kier alpha value is 1.00. The van der Waals surface area contributed by atoms with E-state index in [4.69, 9.17) is 0 Å². The largest absolute Gasteiger partial charge is 0.399 e. The molecule has 0 aromatic heterocycles. The molecule has 0 saturated heterocycles. The van der Waals surface area contributed by atoms with Crippen molar-refractivity contribution >= 4 is 34.4 Å². The number of hydrogen-bond donors (Lipinski definition) is 0. The molecule has 10 heteroatoms. The summed E-state index contributed by atoms with van der Waals surface area (Å²) in [6, 6.07) is 0. The fraction of sp³-hybridized carbons (Fsp3) is 1.00. The molecule has 0 aromatic rings. The molecular formula is C4H12O6P2S2. The van der Waals surface area contributed by atoms with E-state index in [-0.39, 0.29) is 0 Å². The lowest BCUT2D eigenvalue weighted by Crippen LogP contribution is -1.83. The summed E-state index contributed by atoms with van der Waals surface area (Å²) in [7, 11) is 6.34. The van der Waals surface area contributed by atoms with E-state index in [9.17, 15) is 9.13 Å². The van der Waals surface area contributed by atoms with E-state index in [1.54, 1.807) is 0 Å². The SMILES string of the molecule is COP(=O)(OC)SSP(=O)(OC)OC. The first-order valence-electron chi connectivity index (χ1n) is 3.26. The van der Waals surface area contributed by atoms with Gasteiger partial charge in [-0.25, -0.2) is 9.13 Å². The summed E-state index contributed by atoms with van der Waals surface area (Å²) in [5.41, 5.74) is 0. The average Bonchev–Trinajstić information content (AvgIpc) is 2.25. The van der Waals surface area contributed by atoms with Gasteiger partial charge in [-0.15, -0.1) is 0 Å². The molecule has 0 aromatic carbocycles. The Labute approximate surface area is 90.4 Å². The topological polar surface area (TPSA) is 71.1 Å². The van der Waals surface area contributed by atoms with Crippen molar-refractivity contribution in [2.45, 2.75) is 0 Å². The summed E-state index contributed by atoms with van der Waals surface area (Å²) < 4.78 is 41.4. The van der Waals surface area contributed by atoms with Gasteiger partial charge in [0.1, 0.15) is 0 Å². The van der Waals surface area contributed by atoms with Crippen molar-refractivity contribution in [3.8, 4) is 0 Å². The monoisotopic (exact) mass is 282 g/mol. The first-order valence-corrected chi connectivity index (χ1v) is 9.71. The van der Waals surface area contributed by atoms with Gasteiger partial charge < -0.3 is 18.1 Å². The zero-order valence-corrected chi connectivity index (χ0v) is 11.6. The van der Waals surface area contributed by atoms with Crippen LogP contribution in [-0.4, -0.2) is 28.4 Å². The summed E-state index contributed by atoms with van der Waals surface area (Å²) in [6.45, 7) is -6.51. The smallest absolute Gasteiger partial charge is 0.304 e. The molecule has 0 bridgehead atoms. The minimum absolute atomic E-state index is 0.695. The van der Waals surface area contributed by atoms with Crippen molar-refractivity contribution in [1.29, 1.82) is 0 Å². The van der Waals surface area contributed by atoms with Gasteiger partial charge in [0.15, 0.2) is 0 Å². The third kappa shape index (κ3) is 4.68. The summed E-state index contributed by atoms with van der Waals surface area (Å²) in [5, 5.41) is 0. The molecule has 6 nitrogen and oxygen atoms in total. The van der Waals surface area contributed by atoms with Gasteiger partial charge in [-0.05, 0) is 0 Å². The van der Waals surface area contributed by atoms with Gasteiger partial charge in [-0.3, -0.25) is 0 Å². The van der Waals surface area contributed by atoms with E-state index >= 15 is 0 Å². The molecule has 0 unspecified atom stereocenters. The third-order valence-corrected chi connectivity index (χ3v) is 12.1. The zero-order chi connectivity index (χ0) is 11.2. The predicted molar refractivity (Wildman–Crippen MR) is 58.4 cm³/mol. The second-order valence-electron chi connectivity index (χ2n) is 1.77. The minimum atomic E-state index is -3.26. The zero-order valence-electron chi connectivity index (χ0n) is 8.16. The third-order valence-electron chi connectivity index (χ3n) is 1.11. The lowest BCUT2D eigenvalue weighted by atomic mass is 11.8. The first-order chi connectivity index (χ1) is 6.45. The molecule has 0 saturated carbocycles. The number of hydrogen-bond acceptors (Lipinski definition) is 8. The quantitative estimate of drug-likeness (QED) is 0.521. The molecule has 0 fully saturated rings. The highest BCUT2D eigenvalue weighted by atomic mass is 33.5. The van der Waals surface area contributed by atoms with E-state index in [2.05, 4.69) is 18.1 Å². The lowest BCUT2D eigenvalue weighted by molar-refractivity contribution is 0.294. The van der Waals surface area contributed by atoms with Crippen LogP contribution in [0.3, 0.4) is 0 Å². The Bertz CT molecular complexity index is 216. The normalized spacial score (nSPS) is 13.1. The van der Waals surface area contributed by atoms with E-state index in [0.29, 0.717) is 20.8 Å². The Kier molecular flexibility index (Phi) is 7.02. The van der Waals surface area contributed by atoms with Crippen LogP contribution in [0.25, 0.3) is 0 Å². The molecule has 14 heavy (non-hydrogen) atoms. The van der Waals surface area contributed by atoms with Gasteiger partial charge in [-0.2, -0.15) is 0 Å². The molecule has 0 N–H and O–H groups in total. The molecule has 86 valence electrons. The summed E-state index contributed by atoms with van der Waals surface area (Å²) in [4.78, 5) is 0. The van der Waals surface area contributed by atoms with E-state index in [1.165, 1.54) is 28.4 Å². The Morgan fingerprint density at radius 2 is 0.929 bits per heavy atom. The first kappa shape index (κ1) is 15.0. The van der Waals surface area contributed by atoms with Crippen LogP contribution in [0.4, 0.5) is 0 Å². The molecule has 0 aliphatic heterocycles. The highest BCUT2D eigenvalue weighted by molar-refractivity contribution is 9.12. The van der Waals surface area contributed by atoms with Gasteiger partial charge in [0.25, 0.3) is 0 Å². The van der Waals surface area contributed by atoms with Gasteiger partial charge in [0, 0.05) is 49.3 Å². The maximum atomic E-state index is 11.5. The van der Waals surface area contributed by atoms with Crippen LogP contribution in [0.2, 0.25) is 0 Å². The van der Waals surface area contributed by atoms with Crippen LogP contribution in [0, 0.1) is 0 Å². The second-order valence-corrected chi connectivity index (χ2v) is 11.6. The van der Waals surface area contributed by atoms with Crippen LogP contribution in [-0.2, 0) is 27.2 Å². The van der Waals surface area contributed by atoms with E-state index in [0.717, 1.165) is 0 Å². The molecule has 0 spiro atoms. The van der Waals surface area contributed by atoms with Crippen molar-refractivity contribution in [2.24, 2.45) is 0 Å². The molecule has 0 aliphatic carbocycles. The lowest BCUT2D eigenvalue weighted by Gasteiger charge is -2.15. The Balaban J connectivity index is 4.29. The minimum Gasteiger partial charge on any atom is -0.304 e. The van der Waals surface area contributed by atoms with Crippen molar-refractivity contribution in [3.63, 3.8) is 0 Å². The molecule has 0 amide bonds. The van der Waals surface area contributed by atoms with Crippen molar-refractivity contribution in [1.82, 2.24) is 0 Å². The van der Waals surface area contributed by atoms with Crippen LogP contribution in [0.5, 0.6) is 0 Å². The summed E-state index contributed by atoms with van der Waals surface area (Å²) in [6.07, 6.45) is 0. The molecular weight excluding hydrogens is 270 g/mol. The van der Waals surface area contributed by atoms with E-state index < -0.39 is 13.6 Å². The van der Waals surface area contributed by atoms with Crippen LogP contribution in [0.1, 0.15) is 0 Å². The van der Waals surface area contributed by atoms with Crippen LogP contribution >= 0.6 is 34.4 Å². The summed E-state index contributed by atoms with van der Waals surface area (Å²) >= 11 is 0. The van der Waals surface area contributed by atoms with Gasteiger partial charge >= 0.3 is 13.6 Å². The van der Waals surface area contributed by atoms with Gasteiger partial charge in [0.2, 0.25) is 0 Å². The van der Waals surface area contributed by atoms with Crippen LogP contribution < -0.4 is 0 Å². The highest BCUT2D eigenvalue weighted by Gasteiger charge is 2.31.